The van der Waals surface area contributed by atoms with Gasteiger partial charge in [-0.3, -0.25) is 0 Å². The normalized spacial score (nSPS) is 19.8. The first kappa shape index (κ1) is 17.8. The van der Waals surface area contributed by atoms with Crippen molar-refractivity contribution >= 4 is 12.0 Å². The Kier molecular flexibility index (Phi) is 7.50. The summed E-state index contributed by atoms with van der Waals surface area (Å²) in [7, 11) is 0. The zero-order chi connectivity index (χ0) is 15.8. The summed E-state index contributed by atoms with van der Waals surface area (Å²) in [6.07, 6.45) is 2.89. The lowest BCUT2D eigenvalue weighted by molar-refractivity contribution is -0.140. The highest BCUT2D eigenvalue weighted by Gasteiger charge is 2.25. The zero-order valence-corrected chi connectivity index (χ0v) is 13.4. The number of hydrogen-bond acceptors (Lipinski definition) is 3. The van der Waals surface area contributed by atoms with E-state index in [-0.39, 0.29) is 11.9 Å². The van der Waals surface area contributed by atoms with Crippen LogP contribution in [0.15, 0.2) is 0 Å². The molecule has 1 saturated heterocycles. The Bertz CT molecular complexity index is 341. The predicted molar refractivity (Wildman–Crippen MR) is 82.3 cm³/mol. The number of amides is 2. The summed E-state index contributed by atoms with van der Waals surface area (Å²) in [6.45, 7) is 9.77. The van der Waals surface area contributed by atoms with E-state index < -0.39 is 12.0 Å². The monoisotopic (exact) mass is 299 g/mol. The van der Waals surface area contributed by atoms with E-state index in [1.807, 2.05) is 13.8 Å². The van der Waals surface area contributed by atoms with Crippen LogP contribution in [-0.2, 0) is 4.79 Å². The van der Waals surface area contributed by atoms with E-state index in [2.05, 4.69) is 22.5 Å². The molecule has 0 radical (unpaired) electrons. The predicted octanol–water partition coefficient (Wildman–Crippen LogP) is 1.52. The molecule has 6 nitrogen and oxygen atoms in total. The Balaban J connectivity index is 2.31. The summed E-state index contributed by atoms with van der Waals surface area (Å²) in [4.78, 5) is 25.4. The van der Waals surface area contributed by atoms with E-state index >= 15 is 0 Å². The molecule has 1 heterocycles. The molecular weight excluding hydrogens is 270 g/mol. The van der Waals surface area contributed by atoms with Crippen LogP contribution in [0.1, 0.15) is 40.0 Å². The molecule has 0 aromatic carbocycles. The summed E-state index contributed by atoms with van der Waals surface area (Å²) in [6, 6.07) is -1.20. The second-order valence-electron chi connectivity index (χ2n) is 5.93. The van der Waals surface area contributed by atoms with Gasteiger partial charge >= 0.3 is 12.0 Å². The summed E-state index contributed by atoms with van der Waals surface area (Å²) in [5, 5.41) is 14.5. The van der Waals surface area contributed by atoms with Gasteiger partial charge in [0.2, 0.25) is 0 Å². The average molecular weight is 299 g/mol. The van der Waals surface area contributed by atoms with Crippen molar-refractivity contribution in [3.63, 3.8) is 0 Å². The molecule has 6 heteroatoms. The van der Waals surface area contributed by atoms with Crippen molar-refractivity contribution in [3.8, 4) is 0 Å². The minimum absolute atomic E-state index is 0.0824. The van der Waals surface area contributed by atoms with Crippen molar-refractivity contribution in [1.82, 2.24) is 15.5 Å². The second kappa shape index (κ2) is 8.87. The highest BCUT2D eigenvalue weighted by molar-refractivity contribution is 5.82. The van der Waals surface area contributed by atoms with Crippen LogP contribution < -0.4 is 10.6 Å². The summed E-state index contributed by atoms with van der Waals surface area (Å²) < 4.78 is 0. The van der Waals surface area contributed by atoms with Gasteiger partial charge in [0.15, 0.2) is 0 Å². The number of carboxylic acids is 1. The smallest absolute Gasteiger partial charge is 0.326 e. The van der Waals surface area contributed by atoms with Crippen molar-refractivity contribution in [2.75, 3.05) is 26.2 Å². The number of urea groups is 1. The highest BCUT2D eigenvalue weighted by Crippen LogP contribution is 2.15. The van der Waals surface area contributed by atoms with Crippen molar-refractivity contribution in [3.05, 3.63) is 0 Å². The Morgan fingerprint density at radius 2 is 1.90 bits per heavy atom. The van der Waals surface area contributed by atoms with Gasteiger partial charge in [-0.25, -0.2) is 9.59 Å². The molecule has 0 aliphatic carbocycles. The second-order valence-corrected chi connectivity index (χ2v) is 5.93. The van der Waals surface area contributed by atoms with Crippen molar-refractivity contribution in [2.45, 2.75) is 46.1 Å². The molecule has 1 fully saturated rings. The molecule has 0 saturated carbocycles. The van der Waals surface area contributed by atoms with Gasteiger partial charge in [-0.1, -0.05) is 27.2 Å². The Hall–Kier alpha value is -1.30. The molecule has 1 unspecified atom stereocenters. The molecule has 0 aromatic rings. The molecule has 21 heavy (non-hydrogen) atoms. The van der Waals surface area contributed by atoms with E-state index in [1.165, 1.54) is 0 Å². The number of hydrogen-bond donors (Lipinski definition) is 3. The van der Waals surface area contributed by atoms with Crippen LogP contribution in [0, 0.1) is 11.8 Å². The number of nitrogens with zero attached hydrogens (tertiary/aromatic N) is 1. The summed E-state index contributed by atoms with van der Waals surface area (Å²) in [5.74, 6) is -0.567. The Morgan fingerprint density at radius 1 is 1.29 bits per heavy atom. The molecule has 0 aromatic heterocycles. The first-order valence-electron chi connectivity index (χ1n) is 7.97. The first-order valence-corrected chi connectivity index (χ1v) is 7.97. The number of likely N-dealkylation sites (tertiary alicyclic amines) is 1. The third-order valence-electron chi connectivity index (χ3n) is 4.47. The number of nitrogens with one attached hydrogen (secondary N) is 2. The lowest BCUT2D eigenvalue weighted by Crippen LogP contribution is -2.50. The minimum atomic E-state index is -0.976. The average Bonchev–Trinajstić information content (AvgIpc) is 2.50. The van der Waals surface area contributed by atoms with Crippen LogP contribution in [-0.4, -0.2) is 54.2 Å². The highest BCUT2D eigenvalue weighted by atomic mass is 16.4. The molecule has 2 atom stereocenters. The largest absolute Gasteiger partial charge is 0.480 e. The maximum absolute atomic E-state index is 11.8. The van der Waals surface area contributed by atoms with Crippen LogP contribution >= 0.6 is 0 Å². The number of carbonyl (C=O) groups is 2. The van der Waals surface area contributed by atoms with Gasteiger partial charge in [-0.2, -0.15) is 0 Å². The van der Waals surface area contributed by atoms with E-state index in [1.54, 1.807) is 0 Å². The fraction of sp³-hybridized carbons (Fsp3) is 0.867. The third kappa shape index (κ3) is 5.91. The van der Waals surface area contributed by atoms with Gasteiger partial charge < -0.3 is 20.6 Å². The lowest BCUT2D eigenvalue weighted by atomic mass is 9.97. The van der Waals surface area contributed by atoms with Crippen LogP contribution in [0.2, 0.25) is 0 Å². The van der Waals surface area contributed by atoms with Gasteiger partial charge in [0.05, 0.1) is 0 Å². The zero-order valence-electron chi connectivity index (χ0n) is 13.4. The molecule has 1 aliphatic rings. The van der Waals surface area contributed by atoms with E-state index in [4.69, 9.17) is 5.11 Å². The molecule has 1 rings (SSSR count). The number of rotatable bonds is 7. The van der Waals surface area contributed by atoms with Crippen LogP contribution in [0.3, 0.4) is 0 Å². The molecule has 122 valence electrons. The SMILES string of the molecule is CCC(C)[C@H](NC(=O)NCC1CCN(CC)CC1)C(=O)O. The maximum Gasteiger partial charge on any atom is 0.326 e. The molecule has 3 N–H and O–H groups in total. The molecule has 0 spiro atoms. The summed E-state index contributed by atoms with van der Waals surface area (Å²) >= 11 is 0. The number of carbonyl (C=O) groups excluding carboxylic acids is 1. The van der Waals surface area contributed by atoms with Crippen LogP contribution in [0.4, 0.5) is 4.79 Å². The van der Waals surface area contributed by atoms with Gasteiger partial charge in [-0.15, -0.1) is 0 Å². The number of piperidine rings is 1. The molecular formula is C15H29N3O3. The van der Waals surface area contributed by atoms with Crippen molar-refractivity contribution in [2.24, 2.45) is 11.8 Å². The van der Waals surface area contributed by atoms with Gasteiger partial charge in [0, 0.05) is 6.54 Å². The minimum Gasteiger partial charge on any atom is -0.480 e. The van der Waals surface area contributed by atoms with Crippen molar-refractivity contribution in [1.29, 1.82) is 0 Å². The topological polar surface area (TPSA) is 81.7 Å². The quantitative estimate of drug-likeness (QED) is 0.665. The first-order chi connectivity index (χ1) is 9.97. The Morgan fingerprint density at radius 3 is 2.38 bits per heavy atom. The van der Waals surface area contributed by atoms with E-state index in [9.17, 15) is 9.59 Å². The van der Waals surface area contributed by atoms with Crippen LogP contribution in [0.25, 0.3) is 0 Å². The number of aliphatic carboxylic acids is 1. The fourth-order valence-electron chi connectivity index (χ4n) is 2.62. The van der Waals surface area contributed by atoms with Gasteiger partial charge in [0.1, 0.15) is 6.04 Å². The van der Waals surface area contributed by atoms with Crippen LogP contribution in [0.5, 0.6) is 0 Å². The van der Waals surface area contributed by atoms with E-state index in [0.717, 1.165) is 32.5 Å². The number of carboxylic acid groups (broad SMARTS) is 1. The van der Waals surface area contributed by atoms with Crippen molar-refractivity contribution < 1.29 is 14.7 Å². The third-order valence-corrected chi connectivity index (χ3v) is 4.47. The molecule has 2 amide bonds. The standard InChI is InChI=1S/C15H29N3O3/c1-4-11(3)13(14(19)20)17-15(21)16-10-12-6-8-18(5-2)9-7-12/h11-13H,4-10H2,1-3H3,(H,19,20)(H2,16,17,21)/t11?,13-/m0/s1. The molecule has 1 aliphatic heterocycles. The fourth-order valence-corrected chi connectivity index (χ4v) is 2.62. The lowest BCUT2D eigenvalue weighted by Gasteiger charge is -2.31. The van der Waals surface area contributed by atoms with E-state index in [0.29, 0.717) is 18.9 Å². The van der Waals surface area contributed by atoms with Gasteiger partial charge in [-0.05, 0) is 44.3 Å². The molecule has 0 bridgehead atoms. The van der Waals surface area contributed by atoms with Gasteiger partial charge in [0.25, 0.3) is 0 Å². The Labute approximate surface area is 127 Å². The maximum atomic E-state index is 11.8. The summed E-state index contributed by atoms with van der Waals surface area (Å²) in [5.41, 5.74) is 0.